The van der Waals surface area contributed by atoms with Crippen molar-refractivity contribution in [1.82, 2.24) is 4.98 Å². The number of halogens is 1. The lowest BCUT2D eigenvalue weighted by Gasteiger charge is -2.07. The fraction of sp³-hybridized carbons (Fsp3) is 0.154. The maximum absolute atomic E-state index is 5.64. The Morgan fingerprint density at radius 1 is 1.18 bits per heavy atom. The molecule has 0 atom stereocenters. The molecule has 0 aliphatic rings. The van der Waals surface area contributed by atoms with Crippen LogP contribution in [-0.2, 0) is 6.61 Å². The van der Waals surface area contributed by atoms with Crippen molar-refractivity contribution in [1.29, 1.82) is 0 Å². The molecule has 0 aliphatic carbocycles. The van der Waals surface area contributed by atoms with Gasteiger partial charge in [-0.1, -0.05) is 12.1 Å². The predicted molar refractivity (Wildman–Crippen MR) is 69.3 cm³/mol. The standard InChI is InChI=1S/C13H12BrNO2/c1-16-11-3-2-4-12(7-11)17-9-10-5-6-13(14)15-8-10/h2-8H,9H2,1H3. The molecule has 0 radical (unpaired) electrons. The number of benzene rings is 1. The van der Waals surface area contributed by atoms with Crippen LogP contribution in [0.4, 0.5) is 0 Å². The number of rotatable bonds is 4. The van der Waals surface area contributed by atoms with Gasteiger partial charge >= 0.3 is 0 Å². The van der Waals surface area contributed by atoms with Crippen LogP contribution in [0.5, 0.6) is 11.5 Å². The van der Waals surface area contributed by atoms with E-state index in [-0.39, 0.29) is 0 Å². The smallest absolute Gasteiger partial charge is 0.123 e. The van der Waals surface area contributed by atoms with Crippen LogP contribution in [0.1, 0.15) is 5.56 Å². The van der Waals surface area contributed by atoms with Gasteiger partial charge in [0.25, 0.3) is 0 Å². The molecule has 3 nitrogen and oxygen atoms in total. The fourth-order valence-electron chi connectivity index (χ4n) is 1.35. The van der Waals surface area contributed by atoms with Crippen LogP contribution >= 0.6 is 15.9 Å². The Morgan fingerprint density at radius 3 is 2.71 bits per heavy atom. The first-order chi connectivity index (χ1) is 8.28. The second-order valence-corrected chi connectivity index (χ2v) is 4.27. The highest BCUT2D eigenvalue weighted by Gasteiger charge is 1.98. The van der Waals surface area contributed by atoms with Crippen LogP contribution in [0.15, 0.2) is 47.2 Å². The summed E-state index contributed by atoms with van der Waals surface area (Å²) in [6.45, 7) is 0.493. The first-order valence-corrected chi connectivity index (χ1v) is 5.94. The molecule has 2 rings (SSSR count). The Hall–Kier alpha value is -1.55. The van der Waals surface area contributed by atoms with Crippen molar-refractivity contribution in [2.75, 3.05) is 7.11 Å². The van der Waals surface area contributed by atoms with Gasteiger partial charge in [0.1, 0.15) is 22.7 Å². The van der Waals surface area contributed by atoms with Crippen molar-refractivity contribution in [3.8, 4) is 11.5 Å². The first-order valence-electron chi connectivity index (χ1n) is 5.15. The molecule has 88 valence electrons. The zero-order valence-electron chi connectivity index (χ0n) is 9.39. The van der Waals surface area contributed by atoms with Crippen molar-refractivity contribution in [2.45, 2.75) is 6.61 Å². The minimum atomic E-state index is 0.493. The predicted octanol–water partition coefficient (Wildman–Crippen LogP) is 3.43. The maximum Gasteiger partial charge on any atom is 0.123 e. The molecular formula is C13H12BrNO2. The molecule has 0 saturated heterocycles. The number of pyridine rings is 1. The monoisotopic (exact) mass is 293 g/mol. The van der Waals surface area contributed by atoms with Crippen LogP contribution in [-0.4, -0.2) is 12.1 Å². The highest BCUT2D eigenvalue weighted by Crippen LogP contribution is 2.20. The summed E-state index contributed by atoms with van der Waals surface area (Å²) in [5.74, 6) is 1.57. The largest absolute Gasteiger partial charge is 0.497 e. The van der Waals surface area contributed by atoms with E-state index < -0.39 is 0 Å². The van der Waals surface area contributed by atoms with E-state index >= 15 is 0 Å². The number of aromatic nitrogens is 1. The van der Waals surface area contributed by atoms with E-state index in [4.69, 9.17) is 9.47 Å². The summed E-state index contributed by atoms with van der Waals surface area (Å²) >= 11 is 3.29. The van der Waals surface area contributed by atoms with E-state index in [1.54, 1.807) is 13.3 Å². The third-order valence-electron chi connectivity index (χ3n) is 2.24. The van der Waals surface area contributed by atoms with Crippen LogP contribution in [0.2, 0.25) is 0 Å². The molecule has 1 aromatic carbocycles. The molecule has 0 aliphatic heterocycles. The van der Waals surface area contributed by atoms with Crippen LogP contribution in [0.25, 0.3) is 0 Å². The summed E-state index contributed by atoms with van der Waals surface area (Å²) in [5, 5.41) is 0. The summed E-state index contributed by atoms with van der Waals surface area (Å²) in [6.07, 6.45) is 1.78. The topological polar surface area (TPSA) is 31.4 Å². The summed E-state index contributed by atoms with van der Waals surface area (Å²) in [5.41, 5.74) is 1.02. The SMILES string of the molecule is COc1cccc(OCc2ccc(Br)nc2)c1. The lowest BCUT2D eigenvalue weighted by Crippen LogP contribution is -1.96. The average molecular weight is 294 g/mol. The van der Waals surface area contributed by atoms with Crippen molar-refractivity contribution >= 4 is 15.9 Å². The third-order valence-corrected chi connectivity index (χ3v) is 2.70. The minimum absolute atomic E-state index is 0.493. The molecular weight excluding hydrogens is 282 g/mol. The normalized spacial score (nSPS) is 10.0. The molecule has 0 fully saturated rings. The van der Waals surface area contributed by atoms with Crippen LogP contribution < -0.4 is 9.47 Å². The molecule has 0 amide bonds. The molecule has 1 heterocycles. The van der Waals surface area contributed by atoms with Gasteiger partial charge in [0, 0.05) is 17.8 Å². The van der Waals surface area contributed by atoms with Gasteiger partial charge < -0.3 is 9.47 Å². The van der Waals surface area contributed by atoms with Gasteiger partial charge in [-0.3, -0.25) is 0 Å². The molecule has 1 aromatic heterocycles. The van der Waals surface area contributed by atoms with E-state index in [9.17, 15) is 0 Å². The average Bonchev–Trinajstić information content (AvgIpc) is 2.38. The van der Waals surface area contributed by atoms with Gasteiger partial charge in [-0.15, -0.1) is 0 Å². The Morgan fingerprint density at radius 2 is 2.00 bits per heavy atom. The number of hydrogen-bond acceptors (Lipinski definition) is 3. The zero-order chi connectivity index (χ0) is 12.1. The van der Waals surface area contributed by atoms with Gasteiger partial charge in [-0.05, 0) is 34.1 Å². The van der Waals surface area contributed by atoms with Crippen molar-refractivity contribution < 1.29 is 9.47 Å². The fourth-order valence-corrected chi connectivity index (χ4v) is 1.58. The quantitative estimate of drug-likeness (QED) is 0.810. The molecule has 0 unspecified atom stereocenters. The summed E-state index contributed by atoms with van der Waals surface area (Å²) < 4.78 is 11.6. The van der Waals surface area contributed by atoms with E-state index in [1.807, 2.05) is 36.4 Å². The summed E-state index contributed by atoms with van der Waals surface area (Å²) in [6, 6.07) is 11.4. The Balaban J connectivity index is 1.99. The highest BCUT2D eigenvalue weighted by molar-refractivity contribution is 9.10. The van der Waals surface area contributed by atoms with Crippen molar-refractivity contribution in [3.63, 3.8) is 0 Å². The number of ether oxygens (including phenoxy) is 2. The Bertz CT molecular complexity index is 485. The van der Waals surface area contributed by atoms with Crippen LogP contribution in [0.3, 0.4) is 0 Å². The molecule has 2 aromatic rings. The highest BCUT2D eigenvalue weighted by atomic mass is 79.9. The second kappa shape index (κ2) is 5.68. The van der Waals surface area contributed by atoms with E-state index in [2.05, 4.69) is 20.9 Å². The summed E-state index contributed by atoms with van der Waals surface area (Å²) in [4.78, 5) is 4.14. The van der Waals surface area contributed by atoms with Gasteiger partial charge in [0.05, 0.1) is 7.11 Å². The van der Waals surface area contributed by atoms with Gasteiger partial charge in [-0.2, -0.15) is 0 Å². The van der Waals surface area contributed by atoms with Gasteiger partial charge in [-0.25, -0.2) is 4.98 Å². The number of methoxy groups -OCH3 is 1. The third kappa shape index (κ3) is 3.46. The van der Waals surface area contributed by atoms with E-state index in [1.165, 1.54) is 0 Å². The molecule has 0 saturated carbocycles. The molecule has 17 heavy (non-hydrogen) atoms. The molecule has 0 N–H and O–H groups in total. The first kappa shape index (κ1) is 11.9. The second-order valence-electron chi connectivity index (χ2n) is 3.46. The molecule has 0 spiro atoms. The molecule has 0 bridgehead atoms. The van der Waals surface area contributed by atoms with Gasteiger partial charge in [0.2, 0.25) is 0 Å². The minimum Gasteiger partial charge on any atom is -0.497 e. The van der Waals surface area contributed by atoms with Gasteiger partial charge in [0.15, 0.2) is 0 Å². The Kier molecular flexibility index (Phi) is 3.98. The van der Waals surface area contributed by atoms with E-state index in [0.29, 0.717) is 6.61 Å². The maximum atomic E-state index is 5.64. The van der Waals surface area contributed by atoms with Crippen LogP contribution in [0, 0.1) is 0 Å². The lowest BCUT2D eigenvalue weighted by atomic mass is 10.3. The number of hydrogen-bond donors (Lipinski definition) is 0. The number of nitrogens with zero attached hydrogens (tertiary/aromatic N) is 1. The van der Waals surface area contributed by atoms with Crippen molar-refractivity contribution in [2.24, 2.45) is 0 Å². The summed E-state index contributed by atoms with van der Waals surface area (Å²) in [7, 11) is 1.64. The van der Waals surface area contributed by atoms with Crippen molar-refractivity contribution in [3.05, 3.63) is 52.8 Å². The molecule has 4 heteroatoms. The zero-order valence-corrected chi connectivity index (χ0v) is 11.0. The lowest BCUT2D eigenvalue weighted by molar-refractivity contribution is 0.303. The Labute approximate surface area is 109 Å². The van der Waals surface area contributed by atoms with E-state index in [0.717, 1.165) is 21.7 Å².